The zero-order valence-electron chi connectivity index (χ0n) is 8.76. The van der Waals surface area contributed by atoms with E-state index in [4.69, 9.17) is 11.6 Å². The Balaban J connectivity index is 2.83. The van der Waals surface area contributed by atoms with Crippen molar-refractivity contribution in [2.75, 3.05) is 11.9 Å². The van der Waals surface area contributed by atoms with E-state index in [0.29, 0.717) is 10.9 Å². The van der Waals surface area contributed by atoms with E-state index < -0.39 is 0 Å². The lowest BCUT2D eigenvalue weighted by molar-refractivity contribution is 0.471. The van der Waals surface area contributed by atoms with Crippen LogP contribution in [0.5, 0.6) is 5.75 Å². The zero-order chi connectivity index (χ0) is 10.7. The maximum atomic E-state index is 9.58. The Labute approximate surface area is 89.9 Å². The van der Waals surface area contributed by atoms with Gasteiger partial charge in [-0.3, -0.25) is 0 Å². The van der Waals surface area contributed by atoms with Gasteiger partial charge in [0.25, 0.3) is 0 Å². The molecule has 2 N–H and O–H groups in total. The molecule has 0 aromatic heterocycles. The molecular formula is C11H16ClNO. The van der Waals surface area contributed by atoms with Crippen LogP contribution in [0.25, 0.3) is 0 Å². The molecule has 0 radical (unpaired) electrons. The Hall–Kier alpha value is -0.890. The third-order valence-corrected chi connectivity index (χ3v) is 2.40. The molecule has 0 saturated carbocycles. The molecule has 0 atom stereocenters. The molecule has 0 heterocycles. The third kappa shape index (κ3) is 2.55. The van der Waals surface area contributed by atoms with Crippen molar-refractivity contribution in [3.05, 3.63) is 22.7 Å². The summed E-state index contributed by atoms with van der Waals surface area (Å²) in [6.45, 7) is 6.92. The SMILES string of the molecule is Cc1ccc(NCC(C)C)c(Cl)c1O. The van der Waals surface area contributed by atoms with Crippen LogP contribution in [0.3, 0.4) is 0 Å². The van der Waals surface area contributed by atoms with E-state index in [0.717, 1.165) is 17.8 Å². The Kier molecular flexibility index (Phi) is 3.64. The fourth-order valence-corrected chi connectivity index (χ4v) is 1.39. The van der Waals surface area contributed by atoms with E-state index >= 15 is 0 Å². The number of aryl methyl sites for hydroxylation is 1. The van der Waals surface area contributed by atoms with Gasteiger partial charge in [-0.25, -0.2) is 0 Å². The molecule has 1 aromatic carbocycles. The quantitative estimate of drug-likeness (QED) is 0.807. The number of rotatable bonds is 3. The molecule has 78 valence electrons. The summed E-state index contributed by atoms with van der Waals surface area (Å²) >= 11 is 5.97. The molecule has 0 fully saturated rings. The molecule has 0 aliphatic rings. The van der Waals surface area contributed by atoms with Crippen molar-refractivity contribution in [1.29, 1.82) is 0 Å². The minimum Gasteiger partial charge on any atom is -0.506 e. The molecular weight excluding hydrogens is 198 g/mol. The average Bonchev–Trinajstić information content (AvgIpc) is 2.13. The highest BCUT2D eigenvalue weighted by Gasteiger charge is 2.07. The van der Waals surface area contributed by atoms with Crippen LogP contribution < -0.4 is 5.32 Å². The highest BCUT2D eigenvalue weighted by Crippen LogP contribution is 2.33. The van der Waals surface area contributed by atoms with Crippen molar-refractivity contribution in [2.24, 2.45) is 5.92 Å². The summed E-state index contributed by atoms with van der Waals surface area (Å²) in [6.07, 6.45) is 0. The second-order valence-corrected chi connectivity index (χ2v) is 4.25. The fraction of sp³-hybridized carbons (Fsp3) is 0.455. The van der Waals surface area contributed by atoms with Gasteiger partial charge in [-0.1, -0.05) is 31.5 Å². The van der Waals surface area contributed by atoms with E-state index in [1.807, 2.05) is 19.1 Å². The summed E-state index contributed by atoms with van der Waals surface area (Å²) in [4.78, 5) is 0. The van der Waals surface area contributed by atoms with Crippen molar-refractivity contribution in [1.82, 2.24) is 0 Å². The van der Waals surface area contributed by atoms with Gasteiger partial charge < -0.3 is 10.4 Å². The number of hydrogen-bond donors (Lipinski definition) is 2. The zero-order valence-corrected chi connectivity index (χ0v) is 9.52. The van der Waals surface area contributed by atoms with Gasteiger partial charge >= 0.3 is 0 Å². The van der Waals surface area contributed by atoms with E-state index in [1.54, 1.807) is 0 Å². The second kappa shape index (κ2) is 4.56. The summed E-state index contributed by atoms with van der Waals surface area (Å²) in [6, 6.07) is 3.74. The fourth-order valence-electron chi connectivity index (χ4n) is 1.11. The number of anilines is 1. The van der Waals surface area contributed by atoms with Crippen LogP contribution in [-0.4, -0.2) is 11.7 Å². The molecule has 0 saturated heterocycles. The highest BCUT2D eigenvalue weighted by atomic mass is 35.5. The van der Waals surface area contributed by atoms with Crippen LogP contribution >= 0.6 is 11.6 Å². The summed E-state index contributed by atoms with van der Waals surface area (Å²) in [7, 11) is 0. The van der Waals surface area contributed by atoms with E-state index in [9.17, 15) is 5.11 Å². The smallest absolute Gasteiger partial charge is 0.139 e. The molecule has 3 heteroatoms. The normalized spacial score (nSPS) is 10.6. The van der Waals surface area contributed by atoms with Crippen LogP contribution in [0.1, 0.15) is 19.4 Å². The average molecular weight is 214 g/mol. The van der Waals surface area contributed by atoms with Crippen molar-refractivity contribution < 1.29 is 5.11 Å². The summed E-state index contributed by atoms with van der Waals surface area (Å²) in [5.74, 6) is 0.718. The summed E-state index contributed by atoms with van der Waals surface area (Å²) in [5.41, 5.74) is 1.59. The van der Waals surface area contributed by atoms with Crippen molar-refractivity contribution in [2.45, 2.75) is 20.8 Å². The Morgan fingerprint density at radius 2 is 2.07 bits per heavy atom. The van der Waals surface area contributed by atoms with Gasteiger partial charge in [0.05, 0.1) is 5.69 Å². The number of hydrogen-bond acceptors (Lipinski definition) is 2. The first-order valence-corrected chi connectivity index (χ1v) is 5.12. The molecule has 2 nitrogen and oxygen atoms in total. The van der Waals surface area contributed by atoms with Gasteiger partial charge in [-0.05, 0) is 24.5 Å². The molecule has 0 spiro atoms. The molecule has 1 rings (SSSR count). The van der Waals surface area contributed by atoms with Gasteiger partial charge in [0.2, 0.25) is 0 Å². The van der Waals surface area contributed by atoms with Gasteiger partial charge in [0.1, 0.15) is 10.8 Å². The van der Waals surface area contributed by atoms with Crippen molar-refractivity contribution >= 4 is 17.3 Å². The van der Waals surface area contributed by atoms with E-state index in [2.05, 4.69) is 19.2 Å². The standard InChI is InChI=1S/C11H16ClNO/c1-7(2)6-13-9-5-4-8(3)11(14)10(9)12/h4-5,7,13-14H,6H2,1-3H3. The number of phenolic OH excluding ortho intramolecular Hbond substituents is 1. The lowest BCUT2D eigenvalue weighted by Gasteiger charge is -2.12. The number of benzene rings is 1. The second-order valence-electron chi connectivity index (χ2n) is 3.87. The predicted octanol–water partition coefficient (Wildman–Crippen LogP) is 3.42. The Morgan fingerprint density at radius 3 is 2.64 bits per heavy atom. The lowest BCUT2D eigenvalue weighted by atomic mass is 10.2. The number of phenols is 1. The number of nitrogens with one attached hydrogen (secondary N) is 1. The first kappa shape index (κ1) is 11.2. The van der Waals surface area contributed by atoms with Crippen LogP contribution in [0, 0.1) is 12.8 Å². The first-order chi connectivity index (χ1) is 6.52. The number of aromatic hydroxyl groups is 1. The van der Waals surface area contributed by atoms with Crippen LogP contribution in [-0.2, 0) is 0 Å². The minimum atomic E-state index is 0.167. The van der Waals surface area contributed by atoms with E-state index in [1.165, 1.54) is 0 Å². The Morgan fingerprint density at radius 1 is 1.43 bits per heavy atom. The summed E-state index contributed by atoms with van der Waals surface area (Å²) < 4.78 is 0. The molecule has 0 aliphatic heterocycles. The third-order valence-electron chi connectivity index (χ3n) is 2.02. The maximum absolute atomic E-state index is 9.58. The van der Waals surface area contributed by atoms with Crippen molar-refractivity contribution in [3.63, 3.8) is 0 Å². The van der Waals surface area contributed by atoms with Crippen LogP contribution in [0.4, 0.5) is 5.69 Å². The largest absolute Gasteiger partial charge is 0.506 e. The van der Waals surface area contributed by atoms with E-state index in [-0.39, 0.29) is 5.75 Å². The number of halogens is 1. The topological polar surface area (TPSA) is 32.3 Å². The predicted molar refractivity (Wildman–Crippen MR) is 61.2 cm³/mol. The Bertz CT molecular complexity index is 323. The molecule has 0 bridgehead atoms. The maximum Gasteiger partial charge on any atom is 0.139 e. The van der Waals surface area contributed by atoms with Crippen LogP contribution in [0.15, 0.2) is 12.1 Å². The van der Waals surface area contributed by atoms with Crippen LogP contribution in [0.2, 0.25) is 5.02 Å². The molecule has 1 aromatic rings. The van der Waals surface area contributed by atoms with Gasteiger partial charge in [-0.15, -0.1) is 0 Å². The molecule has 14 heavy (non-hydrogen) atoms. The lowest BCUT2D eigenvalue weighted by Crippen LogP contribution is -2.08. The van der Waals surface area contributed by atoms with Gasteiger partial charge in [-0.2, -0.15) is 0 Å². The van der Waals surface area contributed by atoms with Gasteiger partial charge in [0.15, 0.2) is 0 Å². The molecule has 0 amide bonds. The first-order valence-electron chi connectivity index (χ1n) is 4.74. The van der Waals surface area contributed by atoms with Crippen molar-refractivity contribution in [3.8, 4) is 5.75 Å². The molecule has 0 aliphatic carbocycles. The molecule has 0 unspecified atom stereocenters. The van der Waals surface area contributed by atoms with Gasteiger partial charge in [0, 0.05) is 6.54 Å². The highest BCUT2D eigenvalue weighted by molar-refractivity contribution is 6.34. The monoisotopic (exact) mass is 213 g/mol. The summed E-state index contributed by atoms with van der Waals surface area (Å²) in [5, 5.41) is 13.2. The minimum absolute atomic E-state index is 0.167.